The Morgan fingerprint density at radius 2 is 1.35 bits per heavy atom. The Morgan fingerprint density at radius 3 is 2.00 bits per heavy atom. The van der Waals surface area contributed by atoms with Crippen LogP contribution < -0.4 is 0 Å². The molecule has 0 amide bonds. The molecule has 2 heterocycles. The molecule has 0 aromatic heterocycles. The molecule has 0 saturated carbocycles. The Bertz CT molecular complexity index is 799. The summed E-state index contributed by atoms with van der Waals surface area (Å²) in [5.41, 5.74) is 0.757. The molecule has 7 atom stereocenters. The second-order valence-corrected chi connectivity index (χ2v) is 13.1. The second kappa shape index (κ2) is 22.2. The summed E-state index contributed by atoms with van der Waals surface area (Å²) in [5.74, 6) is -0.130. The molecule has 1 fully saturated rings. The Kier molecular flexibility index (Phi) is 19.6. The van der Waals surface area contributed by atoms with Crippen LogP contribution >= 0.6 is 0 Å². The zero-order valence-electron chi connectivity index (χ0n) is 27.1. The third-order valence-corrected chi connectivity index (χ3v) is 9.03. The Labute approximate surface area is 260 Å². The van der Waals surface area contributed by atoms with Crippen molar-refractivity contribution in [3.05, 3.63) is 11.6 Å². The number of hydrogen-bond acceptors (Lipinski definition) is 8. The highest BCUT2D eigenvalue weighted by molar-refractivity contribution is 5.90. The summed E-state index contributed by atoms with van der Waals surface area (Å²) in [6.45, 7) is 4.08. The van der Waals surface area contributed by atoms with Gasteiger partial charge >= 0.3 is 5.97 Å². The lowest BCUT2D eigenvalue weighted by atomic mass is 9.98. The zero-order chi connectivity index (χ0) is 31.5. The first-order valence-electron chi connectivity index (χ1n) is 17.5. The lowest BCUT2D eigenvalue weighted by Gasteiger charge is -2.23. The fourth-order valence-corrected chi connectivity index (χ4v) is 6.30. The van der Waals surface area contributed by atoms with E-state index in [4.69, 9.17) is 9.47 Å². The molecule has 0 aromatic rings. The van der Waals surface area contributed by atoms with Crippen LogP contribution in [0.1, 0.15) is 155 Å². The number of aliphatic hydroxyl groups is 4. The van der Waals surface area contributed by atoms with Gasteiger partial charge in [0, 0.05) is 24.8 Å². The Morgan fingerprint density at radius 1 is 0.767 bits per heavy atom. The predicted molar refractivity (Wildman–Crippen MR) is 169 cm³/mol. The maximum Gasteiger partial charge on any atom is 0.334 e. The van der Waals surface area contributed by atoms with Crippen molar-refractivity contribution in [3.8, 4) is 0 Å². The first kappa shape index (κ1) is 37.9. The molecule has 4 N–H and O–H groups in total. The number of hydrogen-bond donors (Lipinski definition) is 4. The minimum atomic E-state index is -0.751. The summed E-state index contributed by atoms with van der Waals surface area (Å²) in [6.07, 6.45) is 16.8. The van der Waals surface area contributed by atoms with Crippen molar-refractivity contribution in [2.24, 2.45) is 0 Å². The normalized spacial score (nSPS) is 23.2. The number of unbranched alkanes of at least 4 members (excludes halogenated alkanes) is 9. The number of ether oxygens (including phenoxy) is 2. The van der Waals surface area contributed by atoms with E-state index in [0.29, 0.717) is 57.8 Å². The van der Waals surface area contributed by atoms with Gasteiger partial charge in [-0.05, 0) is 70.8 Å². The number of Topliss-reactive ketones (excluding diaryl/α,β-unsaturated/α-hetero) is 1. The Balaban J connectivity index is 1.47. The maximum atomic E-state index is 12.4. The molecule has 0 aliphatic carbocycles. The van der Waals surface area contributed by atoms with Gasteiger partial charge in [0.15, 0.2) is 0 Å². The van der Waals surface area contributed by atoms with Gasteiger partial charge in [-0.25, -0.2) is 4.79 Å². The molecule has 1 saturated heterocycles. The molecular formula is C35H62O8. The summed E-state index contributed by atoms with van der Waals surface area (Å²) in [4.78, 5) is 24.0. The quantitative estimate of drug-likeness (QED) is 0.0668. The summed E-state index contributed by atoms with van der Waals surface area (Å²) in [6, 6.07) is 0. The molecule has 2 rings (SSSR count). The number of aliphatic hydroxyl groups excluding tert-OH is 4. The first-order valence-corrected chi connectivity index (χ1v) is 17.5. The van der Waals surface area contributed by atoms with E-state index in [1.54, 1.807) is 0 Å². The number of rotatable bonds is 26. The number of cyclic esters (lactones) is 1. The monoisotopic (exact) mass is 610 g/mol. The fraction of sp³-hybridized carbons (Fsp3) is 0.886. The molecule has 0 radical (unpaired) electrons. The number of esters is 1. The van der Waals surface area contributed by atoms with Crippen molar-refractivity contribution in [3.63, 3.8) is 0 Å². The number of carbonyl (C=O) groups excluding carboxylic acids is 2. The van der Waals surface area contributed by atoms with E-state index in [9.17, 15) is 30.0 Å². The molecule has 0 bridgehead atoms. The van der Waals surface area contributed by atoms with Gasteiger partial charge in [-0.3, -0.25) is 4.79 Å². The molecule has 0 spiro atoms. The summed E-state index contributed by atoms with van der Waals surface area (Å²) in [5, 5.41) is 41.8. The largest absolute Gasteiger partial charge is 0.455 e. The van der Waals surface area contributed by atoms with Crippen molar-refractivity contribution in [2.45, 2.75) is 198 Å². The van der Waals surface area contributed by atoms with Gasteiger partial charge in [0.25, 0.3) is 0 Å². The highest BCUT2D eigenvalue weighted by atomic mass is 16.5. The summed E-state index contributed by atoms with van der Waals surface area (Å²) in [7, 11) is 0. The van der Waals surface area contributed by atoms with Gasteiger partial charge in [-0.15, -0.1) is 0 Å². The second-order valence-electron chi connectivity index (χ2n) is 13.1. The van der Waals surface area contributed by atoms with E-state index in [1.165, 1.54) is 38.5 Å². The minimum absolute atomic E-state index is 0.0795. The lowest BCUT2D eigenvalue weighted by Crippen LogP contribution is -2.33. The third kappa shape index (κ3) is 16.5. The molecule has 0 unspecified atom stereocenters. The van der Waals surface area contributed by atoms with Crippen molar-refractivity contribution in [2.75, 3.05) is 0 Å². The van der Waals surface area contributed by atoms with E-state index >= 15 is 0 Å². The molecule has 2 aliphatic rings. The van der Waals surface area contributed by atoms with E-state index in [2.05, 4.69) is 6.92 Å². The molecule has 43 heavy (non-hydrogen) atoms. The van der Waals surface area contributed by atoms with Crippen LogP contribution in [-0.4, -0.2) is 74.9 Å². The van der Waals surface area contributed by atoms with Crippen LogP contribution in [0.2, 0.25) is 0 Å². The number of ketones is 1. The highest BCUT2D eigenvalue weighted by Gasteiger charge is 2.35. The average molecular weight is 611 g/mol. The van der Waals surface area contributed by atoms with Crippen LogP contribution in [0.25, 0.3) is 0 Å². The van der Waals surface area contributed by atoms with Gasteiger partial charge in [0.2, 0.25) is 0 Å². The summed E-state index contributed by atoms with van der Waals surface area (Å²) < 4.78 is 11.0. The topological polar surface area (TPSA) is 134 Å². The molecule has 8 heteroatoms. The van der Waals surface area contributed by atoms with Gasteiger partial charge in [0.1, 0.15) is 11.9 Å². The molecule has 2 aliphatic heterocycles. The van der Waals surface area contributed by atoms with Crippen LogP contribution in [0.4, 0.5) is 0 Å². The van der Waals surface area contributed by atoms with Gasteiger partial charge < -0.3 is 29.9 Å². The third-order valence-electron chi connectivity index (χ3n) is 9.03. The van der Waals surface area contributed by atoms with Crippen LogP contribution in [-0.2, 0) is 19.1 Å². The molecular weight excluding hydrogens is 548 g/mol. The van der Waals surface area contributed by atoms with Crippen LogP contribution in [0.3, 0.4) is 0 Å². The van der Waals surface area contributed by atoms with E-state index in [1.807, 2.05) is 13.0 Å². The van der Waals surface area contributed by atoms with Crippen molar-refractivity contribution < 1.29 is 39.5 Å². The van der Waals surface area contributed by atoms with Crippen LogP contribution in [0, 0.1) is 0 Å². The van der Waals surface area contributed by atoms with E-state index in [0.717, 1.165) is 44.1 Å². The average Bonchev–Trinajstić information content (AvgIpc) is 3.59. The standard InChI is InChI=1S/C35H62O8/c1-3-4-5-6-7-8-9-12-17-30(38)25-32(40)34-23-22-33(43-34)31(39)21-20-29(37)19-14-18-28(36)16-13-10-11-15-27-24-26(2)42-35(27)41/h24,26,28,30-34,36,38-40H,3-23,25H2,1-2H3/t26-,28+,30-,31+,32+,33+,34+/m0/s1. The van der Waals surface area contributed by atoms with E-state index < -0.39 is 30.5 Å². The van der Waals surface area contributed by atoms with Gasteiger partial charge in [-0.2, -0.15) is 0 Å². The first-order chi connectivity index (χ1) is 20.7. The fourth-order valence-electron chi connectivity index (χ4n) is 6.30. The van der Waals surface area contributed by atoms with Crippen molar-refractivity contribution >= 4 is 11.8 Å². The van der Waals surface area contributed by atoms with Crippen molar-refractivity contribution in [1.29, 1.82) is 0 Å². The summed E-state index contributed by atoms with van der Waals surface area (Å²) >= 11 is 0. The van der Waals surface area contributed by atoms with Crippen LogP contribution in [0.15, 0.2) is 11.6 Å². The highest BCUT2D eigenvalue weighted by Crippen LogP contribution is 2.28. The lowest BCUT2D eigenvalue weighted by molar-refractivity contribution is -0.139. The van der Waals surface area contributed by atoms with Crippen LogP contribution in [0.5, 0.6) is 0 Å². The van der Waals surface area contributed by atoms with Gasteiger partial charge in [0.05, 0.1) is 36.6 Å². The van der Waals surface area contributed by atoms with Gasteiger partial charge in [-0.1, -0.05) is 71.1 Å². The molecule has 250 valence electrons. The SMILES string of the molecule is CCCCCCCCCC[C@H](O)C[C@@H](O)[C@H]1CC[C@H]([C@H](O)CCC(=O)CCC[C@H](O)CCCCCC2=C[C@H](C)OC2=O)O1. The molecule has 0 aromatic carbocycles. The maximum absolute atomic E-state index is 12.4. The minimum Gasteiger partial charge on any atom is -0.455 e. The predicted octanol–water partition coefficient (Wildman–Crippen LogP) is 6.24. The number of carbonyl (C=O) groups is 2. The smallest absolute Gasteiger partial charge is 0.334 e. The van der Waals surface area contributed by atoms with Crippen molar-refractivity contribution in [1.82, 2.24) is 0 Å². The zero-order valence-corrected chi connectivity index (χ0v) is 27.1. The van der Waals surface area contributed by atoms with E-state index in [-0.39, 0.29) is 30.4 Å². The molecule has 8 nitrogen and oxygen atoms in total. The Hall–Kier alpha value is -1.32.